The van der Waals surface area contributed by atoms with E-state index in [4.69, 9.17) is 19.2 Å². The Balaban J connectivity index is 1.20. The van der Waals surface area contributed by atoms with Gasteiger partial charge < -0.3 is 14.2 Å². The van der Waals surface area contributed by atoms with Gasteiger partial charge in [0.25, 0.3) is 5.56 Å². The number of ether oxygens (including phenoxy) is 3. The molecule has 6 nitrogen and oxygen atoms in total. The monoisotopic (exact) mass is 762 g/mol. The van der Waals surface area contributed by atoms with Crippen LogP contribution in [0.3, 0.4) is 0 Å². The average molecular weight is 763 g/mol. The Morgan fingerprint density at radius 3 is 2.54 bits per heavy atom. The van der Waals surface area contributed by atoms with Gasteiger partial charge in [0.05, 0.1) is 34.1 Å². The van der Waals surface area contributed by atoms with Crippen LogP contribution in [-0.2, 0) is 13.0 Å². The highest BCUT2D eigenvalue weighted by Gasteiger charge is 2.32. The van der Waals surface area contributed by atoms with Gasteiger partial charge in [0.1, 0.15) is 12.4 Å². The summed E-state index contributed by atoms with van der Waals surface area (Å²) in [5.41, 5.74) is 7.52. The minimum atomic E-state index is -0.253. The molecule has 2 aliphatic rings. The van der Waals surface area contributed by atoms with E-state index in [0.29, 0.717) is 27.4 Å². The minimum Gasteiger partial charge on any atom is -0.497 e. The number of hydrogen-bond donors (Lipinski definition) is 0. The summed E-state index contributed by atoms with van der Waals surface area (Å²) in [7, 11) is 3.31. The van der Waals surface area contributed by atoms with Crippen molar-refractivity contribution in [3.8, 4) is 17.2 Å². The molecule has 0 saturated carbocycles. The van der Waals surface area contributed by atoms with E-state index in [2.05, 4.69) is 89.3 Å². The smallest absolute Gasteiger partial charge is 0.271 e. The van der Waals surface area contributed by atoms with Crippen LogP contribution in [0.4, 0.5) is 0 Å². The van der Waals surface area contributed by atoms with Crippen LogP contribution in [0.2, 0.25) is 0 Å². The Kier molecular flexibility index (Phi) is 8.14. The van der Waals surface area contributed by atoms with Gasteiger partial charge in [-0.1, -0.05) is 90.2 Å². The number of aromatic nitrogens is 1. The normalized spacial score (nSPS) is 15.4. The molecule has 2 heterocycles. The first kappa shape index (κ1) is 30.7. The third-order valence-electron chi connectivity index (χ3n) is 9.11. The van der Waals surface area contributed by atoms with Crippen molar-refractivity contribution in [3.05, 3.63) is 160 Å². The van der Waals surface area contributed by atoms with Gasteiger partial charge in [0.15, 0.2) is 16.3 Å². The number of aryl methyl sites for hydroxylation is 1. The molecule has 0 saturated heterocycles. The van der Waals surface area contributed by atoms with E-state index < -0.39 is 0 Å². The standard InChI is InChI=1S/C40H31IN2O4S/c1-45-29-17-14-27(15-18-29)37-32-19-16-26-9-4-6-13-31(26)36(32)42-40-43(37)39(44)35(48-40)22-24-20-33(41)38(34(21-24)46-2)47-23-28-11-7-10-25-8-3-5-12-30(25)28/h3-15,17-18,20-22,37H,16,19,23H2,1-2H3/b35-22-/t37-/m0/s1. The summed E-state index contributed by atoms with van der Waals surface area (Å²) in [6.07, 6.45) is 3.69. The summed E-state index contributed by atoms with van der Waals surface area (Å²) >= 11 is 3.70. The maximum Gasteiger partial charge on any atom is 0.271 e. The van der Waals surface area contributed by atoms with Crippen LogP contribution in [0.25, 0.3) is 22.5 Å². The second-order valence-electron chi connectivity index (χ2n) is 11.8. The number of methoxy groups -OCH3 is 2. The number of rotatable bonds is 7. The number of benzene rings is 5. The molecule has 1 aromatic heterocycles. The van der Waals surface area contributed by atoms with E-state index >= 15 is 0 Å². The maximum atomic E-state index is 14.3. The molecule has 0 amide bonds. The first-order chi connectivity index (χ1) is 23.5. The van der Waals surface area contributed by atoms with Crippen LogP contribution in [-0.4, -0.2) is 18.8 Å². The quantitative estimate of drug-likeness (QED) is 0.157. The van der Waals surface area contributed by atoms with Crippen LogP contribution < -0.4 is 29.1 Å². The van der Waals surface area contributed by atoms with Gasteiger partial charge in [-0.25, -0.2) is 4.99 Å². The molecule has 0 unspecified atom stereocenters. The molecule has 1 aliphatic carbocycles. The first-order valence-corrected chi connectivity index (χ1v) is 17.7. The zero-order valence-corrected chi connectivity index (χ0v) is 29.4. The molecule has 8 rings (SSSR count). The predicted molar refractivity (Wildman–Crippen MR) is 200 cm³/mol. The Morgan fingerprint density at radius 1 is 0.917 bits per heavy atom. The number of nitrogens with zero attached hydrogens (tertiary/aromatic N) is 2. The van der Waals surface area contributed by atoms with Crippen molar-refractivity contribution in [2.24, 2.45) is 4.99 Å². The lowest BCUT2D eigenvalue weighted by atomic mass is 9.83. The van der Waals surface area contributed by atoms with Crippen LogP contribution >= 0.6 is 33.9 Å². The summed E-state index contributed by atoms with van der Waals surface area (Å²) in [5, 5.41) is 2.34. The maximum absolute atomic E-state index is 14.3. The van der Waals surface area contributed by atoms with E-state index in [1.165, 1.54) is 33.2 Å². The Bertz CT molecular complexity index is 2420. The summed E-state index contributed by atoms with van der Waals surface area (Å²) in [6, 6.07) is 34.8. The van der Waals surface area contributed by atoms with Crippen LogP contribution in [0.5, 0.6) is 17.2 Å². The molecule has 0 spiro atoms. The first-order valence-electron chi connectivity index (χ1n) is 15.8. The molecule has 48 heavy (non-hydrogen) atoms. The second kappa shape index (κ2) is 12.7. The molecule has 0 N–H and O–H groups in total. The lowest BCUT2D eigenvalue weighted by molar-refractivity contribution is 0.283. The lowest BCUT2D eigenvalue weighted by Crippen LogP contribution is -2.38. The zero-order chi connectivity index (χ0) is 32.8. The van der Waals surface area contributed by atoms with Crippen molar-refractivity contribution in [2.75, 3.05) is 14.2 Å². The largest absolute Gasteiger partial charge is 0.497 e. The fourth-order valence-electron chi connectivity index (χ4n) is 6.79. The van der Waals surface area contributed by atoms with Crippen LogP contribution in [0.1, 0.15) is 40.3 Å². The molecular weight excluding hydrogens is 731 g/mol. The van der Waals surface area contributed by atoms with Crippen molar-refractivity contribution in [1.29, 1.82) is 0 Å². The molecule has 238 valence electrons. The average Bonchev–Trinajstić information content (AvgIpc) is 3.43. The molecule has 0 radical (unpaired) electrons. The van der Waals surface area contributed by atoms with Crippen molar-refractivity contribution in [1.82, 2.24) is 4.57 Å². The minimum absolute atomic E-state index is 0.0600. The Hall–Kier alpha value is -4.67. The van der Waals surface area contributed by atoms with Gasteiger partial charge in [-0.15, -0.1) is 0 Å². The van der Waals surface area contributed by atoms with Gasteiger partial charge in [-0.2, -0.15) is 0 Å². The molecule has 1 aliphatic heterocycles. The topological polar surface area (TPSA) is 62.0 Å². The van der Waals surface area contributed by atoms with Gasteiger partial charge in [0.2, 0.25) is 0 Å². The molecule has 5 aromatic carbocycles. The molecule has 1 atom stereocenters. The third kappa shape index (κ3) is 5.42. The number of thiazole rings is 1. The van der Waals surface area contributed by atoms with Crippen molar-refractivity contribution < 1.29 is 14.2 Å². The fourth-order valence-corrected chi connectivity index (χ4v) is 8.57. The highest BCUT2D eigenvalue weighted by Crippen LogP contribution is 2.41. The Morgan fingerprint density at radius 2 is 1.71 bits per heavy atom. The van der Waals surface area contributed by atoms with Crippen molar-refractivity contribution >= 4 is 56.5 Å². The SMILES string of the molecule is COc1ccc([C@H]2C3=C(N=c4s/c(=C\c5cc(I)c(OCc6cccc7ccccc67)c(OC)c5)c(=O)n42)c2ccccc2CC3)cc1. The van der Waals surface area contributed by atoms with E-state index in [-0.39, 0.29) is 11.6 Å². The number of hydrogen-bond acceptors (Lipinski definition) is 6. The number of allylic oxidation sites excluding steroid dienone is 1. The van der Waals surface area contributed by atoms with Crippen molar-refractivity contribution in [2.45, 2.75) is 25.5 Å². The van der Waals surface area contributed by atoms with E-state index in [9.17, 15) is 4.79 Å². The third-order valence-corrected chi connectivity index (χ3v) is 10.9. The van der Waals surface area contributed by atoms with E-state index in [0.717, 1.165) is 50.1 Å². The predicted octanol–water partition coefficient (Wildman–Crippen LogP) is 7.67. The molecular formula is C40H31IN2O4S. The highest BCUT2D eigenvalue weighted by atomic mass is 127. The summed E-state index contributed by atoms with van der Waals surface area (Å²) in [5.74, 6) is 2.07. The van der Waals surface area contributed by atoms with Gasteiger partial charge in [-0.3, -0.25) is 9.36 Å². The van der Waals surface area contributed by atoms with E-state index in [1.54, 1.807) is 14.2 Å². The second-order valence-corrected chi connectivity index (χ2v) is 14.0. The molecule has 6 aromatic rings. The summed E-state index contributed by atoms with van der Waals surface area (Å²) in [6.45, 7) is 0.408. The number of halogens is 1. The van der Waals surface area contributed by atoms with Crippen molar-refractivity contribution in [3.63, 3.8) is 0 Å². The van der Waals surface area contributed by atoms with Gasteiger partial charge in [0, 0.05) is 5.56 Å². The zero-order valence-electron chi connectivity index (χ0n) is 26.4. The molecule has 0 bridgehead atoms. The Labute approximate surface area is 295 Å². The van der Waals surface area contributed by atoms with Crippen LogP contribution in [0.15, 0.2) is 118 Å². The van der Waals surface area contributed by atoms with Gasteiger partial charge >= 0.3 is 0 Å². The summed E-state index contributed by atoms with van der Waals surface area (Å²) < 4.78 is 21.0. The fraction of sp³-hybridized carbons (Fsp3) is 0.150. The lowest BCUT2D eigenvalue weighted by Gasteiger charge is -2.30. The van der Waals surface area contributed by atoms with E-state index in [1.807, 2.05) is 47.0 Å². The molecule has 0 fully saturated rings. The number of fused-ring (bicyclic) bond motifs is 4. The summed E-state index contributed by atoms with van der Waals surface area (Å²) in [4.78, 5) is 20.1. The highest BCUT2D eigenvalue weighted by molar-refractivity contribution is 14.1. The molecule has 8 heteroatoms. The van der Waals surface area contributed by atoms with Crippen LogP contribution in [0, 0.1) is 3.57 Å². The van der Waals surface area contributed by atoms with Gasteiger partial charge in [-0.05, 0) is 104 Å².